The molecule has 0 aromatic carbocycles. The number of rotatable bonds is 8. The van der Waals surface area contributed by atoms with Crippen LogP contribution in [0, 0.1) is 16.0 Å². The van der Waals surface area contributed by atoms with E-state index in [1.807, 2.05) is 6.92 Å². The van der Waals surface area contributed by atoms with Crippen LogP contribution in [0.25, 0.3) is 0 Å². The van der Waals surface area contributed by atoms with E-state index in [9.17, 15) is 19.7 Å². The van der Waals surface area contributed by atoms with Crippen LogP contribution in [0.3, 0.4) is 0 Å². The van der Waals surface area contributed by atoms with Crippen LogP contribution in [0.15, 0.2) is 4.99 Å². The third kappa shape index (κ3) is 9.38. The van der Waals surface area contributed by atoms with Crippen LogP contribution >= 0.6 is 24.8 Å². The van der Waals surface area contributed by atoms with Crippen LogP contribution in [0.4, 0.5) is 0 Å². The molecule has 1 fully saturated rings. The van der Waals surface area contributed by atoms with E-state index in [0.717, 1.165) is 6.42 Å². The van der Waals surface area contributed by atoms with E-state index in [1.54, 1.807) is 12.3 Å². The molecule has 0 aliphatic carbocycles. The molecule has 11 nitrogen and oxygen atoms in total. The molecule has 164 valence electrons. The van der Waals surface area contributed by atoms with E-state index in [2.05, 4.69) is 4.99 Å². The molecular formula is C15H30Cl2N6O5. The normalized spacial score (nSPS) is 20.2. The molecule has 5 N–H and O–H groups in total. The molecule has 1 saturated heterocycles. The molecule has 0 unspecified atom stereocenters. The van der Waals surface area contributed by atoms with Crippen LogP contribution < -0.4 is 16.9 Å². The topological polar surface area (TPSA) is 166 Å². The number of carbonyl (C=O) groups is 2. The number of hydrogen-bond acceptors (Lipinski definition) is 7. The van der Waals surface area contributed by atoms with Crippen LogP contribution in [0.2, 0.25) is 0 Å². The van der Waals surface area contributed by atoms with E-state index < -0.39 is 23.1 Å². The maximum absolute atomic E-state index is 12.6. The Morgan fingerprint density at radius 1 is 1.43 bits per heavy atom. The predicted molar refractivity (Wildman–Crippen MR) is 109 cm³/mol. The lowest BCUT2D eigenvalue weighted by atomic mass is 9.91. The van der Waals surface area contributed by atoms with Gasteiger partial charge in [0, 0.05) is 13.1 Å². The van der Waals surface area contributed by atoms with Gasteiger partial charge in [0.05, 0.1) is 12.6 Å². The van der Waals surface area contributed by atoms with Crippen LogP contribution in [0.5, 0.6) is 0 Å². The van der Waals surface area contributed by atoms with Crippen molar-refractivity contribution in [2.45, 2.75) is 51.6 Å². The number of piperidine rings is 1. The number of hydrazine groups is 1. The molecule has 0 aromatic rings. The zero-order valence-electron chi connectivity index (χ0n) is 16.0. The largest absolute Gasteiger partial charge is 0.464 e. The summed E-state index contributed by atoms with van der Waals surface area (Å²) in [5.74, 6) is -0.670. The van der Waals surface area contributed by atoms with E-state index in [4.69, 9.17) is 16.2 Å². The molecular weight excluding hydrogens is 415 g/mol. The highest BCUT2D eigenvalue weighted by Gasteiger charge is 2.37. The summed E-state index contributed by atoms with van der Waals surface area (Å²) in [5.41, 5.74) is 13.0. The Hall–Kier alpha value is -1.85. The lowest BCUT2D eigenvalue weighted by Crippen LogP contribution is -2.55. The van der Waals surface area contributed by atoms with Gasteiger partial charge in [-0.25, -0.2) is 19.9 Å². The van der Waals surface area contributed by atoms with Crippen molar-refractivity contribution in [3.05, 3.63) is 10.1 Å². The van der Waals surface area contributed by atoms with Crippen LogP contribution in [-0.2, 0) is 14.3 Å². The molecule has 0 saturated carbocycles. The summed E-state index contributed by atoms with van der Waals surface area (Å²) in [6.45, 7) is 4.69. The summed E-state index contributed by atoms with van der Waals surface area (Å²) in [5, 5.41) is 9.39. The number of nitrogens with one attached hydrogen (secondary N) is 1. The van der Waals surface area contributed by atoms with Crippen molar-refractivity contribution in [2.75, 3.05) is 19.7 Å². The molecule has 0 aromatic heterocycles. The Bertz CT molecular complexity index is 551. The molecule has 1 aliphatic rings. The Kier molecular flexibility index (Phi) is 14.4. The monoisotopic (exact) mass is 444 g/mol. The number of likely N-dealkylation sites (tertiary alicyclic amines) is 1. The molecule has 1 rings (SSSR count). The Labute approximate surface area is 176 Å². The number of halogens is 2. The minimum absolute atomic E-state index is 0. The average Bonchev–Trinajstić information content (AvgIpc) is 2.57. The number of hydrogen-bond donors (Lipinski definition) is 3. The first-order valence-corrected chi connectivity index (χ1v) is 8.69. The molecule has 1 aliphatic heterocycles. The van der Waals surface area contributed by atoms with E-state index in [1.165, 1.54) is 4.90 Å². The third-order valence-electron chi connectivity index (χ3n) is 4.18. The second-order valence-electron chi connectivity index (χ2n) is 6.31. The van der Waals surface area contributed by atoms with Gasteiger partial charge < -0.3 is 21.1 Å². The second-order valence-corrected chi connectivity index (χ2v) is 6.31. The standard InChI is InChI=1S/C15H28N6O5.2ClH/c1-3-26-14(23)12-9-10(2)6-8-20(12)13(22)11(16)5-4-7-18-15(17)19-21(24)25;;/h10-12H,3-9,16H2,1-2H3,(H3,17,18,19);2*1H/t10-,11+,12-;;/m1../s1. The highest BCUT2D eigenvalue weighted by molar-refractivity contribution is 5.87. The summed E-state index contributed by atoms with van der Waals surface area (Å²) in [7, 11) is 0. The summed E-state index contributed by atoms with van der Waals surface area (Å²) in [6, 6.07) is -1.38. The Morgan fingerprint density at radius 3 is 2.64 bits per heavy atom. The van der Waals surface area contributed by atoms with Gasteiger partial charge in [0.15, 0.2) is 5.03 Å². The Morgan fingerprint density at radius 2 is 2.07 bits per heavy atom. The molecule has 0 bridgehead atoms. The van der Waals surface area contributed by atoms with Gasteiger partial charge in [0.2, 0.25) is 5.91 Å². The molecule has 1 amide bonds. The molecule has 3 atom stereocenters. The minimum atomic E-state index is -0.805. The van der Waals surface area contributed by atoms with Gasteiger partial charge in [0.25, 0.3) is 5.96 Å². The van der Waals surface area contributed by atoms with Gasteiger partial charge in [-0.05, 0) is 38.5 Å². The van der Waals surface area contributed by atoms with Crippen molar-refractivity contribution in [1.82, 2.24) is 10.3 Å². The zero-order chi connectivity index (χ0) is 19.7. The van der Waals surface area contributed by atoms with Gasteiger partial charge in [0.1, 0.15) is 6.04 Å². The summed E-state index contributed by atoms with van der Waals surface area (Å²) >= 11 is 0. The van der Waals surface area contributed by atoms with E-state index in [-0.39, 0.29) is 49.8 Å². The molecule has 28 heavy (non-hydrogen) atoms. The van der Waals surface area contributed by atoms with Crippen molar-refractivity contribution in [3.8, 4) is 0 Å². The lowest BCUT2D eigenvalue weighted by molar-refractivity contribution is -0.525. The number of amides is 1. The van der Waals surface area contributed by atoms with Crippen molar-refractivity contribution in [3.63, 3.8) is 0 Å². The van der Waals surface area contributed by atoms with Crippen molar-refractivity contribution < 1.29 is 19.4 Å². The van der Waals surface area contributed by atoms with E-state index >= 15 is 0 Å². The summed E-state index contributed by atoms with van der Waals surface area (Å²) < 4.78 is 5.08. The van der Waals surface area contributed by atoms with Crippen LogP contribution in [0.1, 0.15) is 39.5 Å². The SMILES string of the molecule is CCOC(=O)[C@H]1C[C@H](C)CCN1C(=O)[C@@H](N)CCCN=C(N)N[N+](=O)[O-].Cl.Cl. The number of nitro groups is 1. The van der Waals surface area contributed by atoms with Gasteiger partial charge in [-0.2, -0.15) is 0 Å². The number of guanidine groups is 1. The highest BCUT2D eigenvalue weighted by atomic mass is 35.5. The molecule has 13 heteroatoms. The fourth-order valence-corrected chi connectivity index (χ4v) is 2.84. The highest BCUT2D eigenvalue weighted by Crippen LogP contribution is 2.24. The number of carbonyl (C=O) groups excluding carboxylic acids is 2. The molecule has 0 spiro atoms. The zero-order valence-corrected chi connectivity index (χ0v) is 17.7. The fourth-order valence-electron chi connectivity index (χ4n) is 2.84. The number of ether oxygens (including phenoxy) is 1. The number of esters is 1. The fraction of sp³-hybridized carbons (Fsp3) is 0.800. The average molecular weight is 445 g/mol. The number of aliphatic imine (C=N–C) groups is 1. The lowest BCUT2D eigenvalue weighted by Gasteiger charge is -2.38. The smallest absolute Gasteiger partial charge is 0.328 e. The van der Waals surface area contributed by atoms with Gasteiger partial charge in [-0.1, -0.05) is 12.3 Å². The first kappa shape index (κ1) is 28.4. The third-order valence-corrected chi connectivity index (χ3v) is 4.18. The first-order valence-electron chi connectivity index (χ1n) is 8.69. The summed E-state index contributed by atoms with van der Waals surface area (Å²) in [4.78, 5) is 40.3. The molecule has 0 radical (unpaired) electrons. The van der Waals surface area contributed by atoms with Crippen molar-refractivity contribution in [1.29, 1.82) is 0 Å². The van der Waals surface area contributed by atoms with Crippen molar-refractivity contribution >= 4 is 42.7 Å². The minimum Gasteiger partial charge on any atom is -0.464 e. The summed E-state index contributed by atoms with van der Waals surface area (Å²) in [6.07, 6.45) is 2.13. The second kappa shape index (κ2) is 14.2. The number of nitrogens with two attached hydrogens (primary N) is 2. The van der Waals surface area contributed by atoms with Gasteiger partial charge in [-0.15, -0.1) is 24.8 Å². The van der Waals surface area contributed by atoms with Crippen LogP contribution in [-0.4, -0.2) is 59.5 Å². The number of nitrogens with zero attached hydrogens (tertiary/aromatic N) is 3. The maximum Gasteiger partial charge on any atom is 0.328 e. The Balaban J connectivity index is 0. The maximum atomic E-state index is 12.6. The van der Waals surface area contributed by atoms with E-state index in [0.29, 0.717) is 31.7 Å². The van der Waals surface area contributed by atoms with Crippen molar-refractivity contribution in [2.24, 2.45) is 22.4 Å². The first-order chi connectivity index (χ1) is 12.3. The van der Waals surface area contributed by atoms with Gasteiger partial charge >= 0.3 is 5.97 Å². The van der Waals surface area contributed by atoms with Gasteiger partial charge in [-0.3, -0.25) is 4.79 Å². The molecule has 1 heterocycles. The quantitative estimate of drug-likeness (QED) is 0.119. The predicted octanol–water partition coefficient (Wildman–Crippen LogP) is 0.224.